The number of unbranched alkanes of at least 4 members (excludes halogenated alkanes) is 1. The second-order valence-electron chi connectivity index (χ2n) is 4.27. The van der Waals surface area contributed by atoms with E-state index in [4.69, 9.17) is 0 Å². The van der Waals surface area contributed by atoms with Crippen molar-refractivity contribution in [2.75, 3.05) is 6.54 Å². The van der Waals surface area contributed by atoms with E-state index in [0.717, 1.165) is 5.92 Å². The van der Waals surface area contributed by atoms with Crippen LogP contribution in [0.15, 0.2) is 0 Å². The highest BCUT2D eigenvalue weighted by Gasteiger charge is 2.49. The van der Waals surface area contributed by atoms with Crippen molar-refractivity contribution >= 4 is 0 Å². The van der Waals surface area contributed by atoms with Gasteiger partial charge in [-0.25, -0.2) is 0 Å². The molecule has 0 aromatic heterocycles. The Morgan fingerprint density at radius 1 is 1.14 bits per heavy atom. The summed E-state index contributed by atoms with van der Waals surface area (Å²) in [6.07, 6.45) is 6.92. The lowest BCUT2D eigenvalue weighted by Crippen LogP contribution is -2.27. The fourth-order valence-electron chi connectivity index (χ4n) is 1.79. The zero-order valence-electron chi connectivity index (χ0n) is 10.8. The standard InChI is InChI=1S/C7H13N.C4H10.C2H6/c1-6-2-5-8-7(6)3-4-7;1-3-4-2;1-2/h6,8H,2-5H2,1H3;3-4H2,1-2H3;1-2H3. The molecule has 2 aliphatic rings. The number of rotatable bonds is 1. The van der Waals surface area contributed by atoms with Crippen LogP contribution in [0.3, 0.4) is 0 Å². The van der Waals surface area contributed by atoms with Gasteiger partial charge in [0.05, 0.1) is 0 Å². The van der Waals surface area contributed by atoms with E-state index < -0.39 is 0 Å². The molecule has 1 saturated heterocycles. The molecule has 2 rings (SSSR count). The third-order valence-corrected chi connectivity index (χ3v) is 3.29. The van der Waals surface area contributed by atoms with Crippen LogP contribution in [-0.2, 0) is 0 Å². The molecule has 0 bridgehead atoms. The van der Waals surface area contributed by atoms with E-state index in [-0.39, 0.29) is 0 Å². The fourth-order valence-corrected chi connectivity index (χ4v) is 1.79. The average Bonchev–Trinajstić information content (AvgIpc) is 2.93. The van der Waals surface area contributed by atoms with Gasteiger partial charge < -0.3 is 5.32 Å². The van der Waals surface area contributed by atoms with E-state index in [2.05, 4.69) is 26.1 Å². The second-order valence-corrected chi connectivity index (χ2v) is 4.27. The van der Waals surface area contributed by atoms with Crippen molar-refractivity contribution in [1.29, 1.82) is 0 Å². The lowest BCUT2D eigenvalue weighted by Gasteiger charge is -2.10. The Labute approximate surface area is 90.7 Å². The van der Waals surface area contributed by atoms with Gasteiger partial charge in [-0.1, -0.05) is 47.5 Å². The molecule has 2 fully saturated rings. The summed E-state index contributed by atoms with van der Waals surface area (Å²) in [5.41, 5.74) is 0.653. The van der Waals surface area contributed by atoms with E-state index in [1.165, 1.54) is 38.6 Å². The van der Waals surface area contributed by atoms with Gasteiger partial charge in [-0.2, -0.15) is 0 Å². The maximum absolute atomic E-state index is 3.56. The predicted octanol–water partition coefficient (Wildman–Crippen LogP) is 3.98. The third-order valence-electron chi connectivity index (χ3n) is 3.29. The van der Waals surface area contributed by atoms with Crippen LogP contribution in [0.4, 0.5) is 0 Å². The molecule has 0 aromatic rings. The molecule has 86 valence electrons. The largest absolute Gasteiger partial charge is 0.311 e. The first-order valence-corrected chi connectivity index (χ1v) is 6.50. The minimum absolute atomic E-state index is 0.653. The Balaban J connectivity index is 0.000000245. The highest BCUT2D eigenvalue weighted by atomic mass is 15.1. The molecular formula is C13H29N. The topological polar surface area (TPSA) is 12.0 Å². The Kier molecular flexibility index (Phi) is 7.26. The van der Waals surface area contributed by atoms with E-state index in [9.17, 15) is 0 Å². The Bertz CT molecular complexity index is 125. The molecule has 1 atom stereocenters. The minimum atomic E-state index is 0.653. The van der Waals surface area contributed by atoms with Crippen LogP contribution in [0.1, 0.15) is 66.7 Å². The molecule has 1 saturated carbocycles. The molecular weight excluding hydrogens is 170 g/mol. The van der Waals surface area contributed by atoms with E-state index in [1.807, 2.05) is 13.8 Å². The van der Waals surface area contributed by atoms with Gasteiger partial charge in [0.25, 0.3) is 0 Å². The smallest absolute Gasteiger partial charge is 0.0208 e. The van der Waals surface area contributed by atoms with Gasteiger partial charge in [-0.05, 0) is 31.7 Å². The Morgan fingerprint density at radius 2 is 1.64 bits per heavy atom. The lowest BCUT2D eigenvalue weighted by molar-refractivity contribution is 0.466. The van der Waals surface area contributed by atoms with Crippen molar-refractivity contribution < 1.29 is 0 Å². The quantitative estimate of drug-likeness (QED) is 0.673. The van der Waals surface area contributed by atoms with Crippen LogP contribution < -0.4 is 5.32 Å². The first kappa shape index (κ1) is 14.0. The fraction of sp³-hybridized carbons (Fsp3) is 1.00. The molecule has 1 heteroatoms. The summed E-state index contributed by atoms with van der Waals surface area (Å²) in [4.78, 5) is 0. The average molecular weight is 199 g/mol. The van der Waals surface area contributed by atoms with Crippen LogP contribution in [-0.4, -0.2) is 12.1 Å². The third kappa shape index (κ3) is 4.00. The number of nitrogens with one attached hydrogen (secondary N) is 1. The van der Waals surface area contributed by atoms with Crippen molar-refractivity contribution in [3.63, 3.8) is 0 Å². The lowest BCUT2D eigenvalue weighted by atomic mass is 10.0. The van der Waals surface area contributed by atoms with E-state index in [0.29, 0.717) is 5.54 Å². The van der Waals surface area contributed by atoms with Crippen LogP contribution in [0.5, 0.6) is 0 Å². The molecule has 1 heterocycles. The molecule has 1 aliphatic carbocycles. The molecule has 1 spiro atoms. The molecule has 1 N–H and O–H groups in total. The van der Waals surface area contributed by atoms with Crippen molar-refractivity contribution in [2.24, 2.45) is 5.92 Å². The van der Waals surface area contributed by atoms with Crippen LogP contribution in [0, 0.1) is 5.92 Å². The van der Waals surface area contributed by atoms with Gasteiger partial charge in [0.15, 0.2) is 0 Å². The highest BCUT2D eigenvalue weighted by molar-refractivity contribution is 5.08. The molecule has 0 amide bonds. The SMILES string of the molecule is CC.CC1CCNC12CC2.CCCC. The molecule has 1 nitrogen and oxygen atoms in total. The maximum Gasteiger partial charge on any atom is 0.0208 e. The first-order chi connectivity index (χ1) is 6.75. The second kappa shape index (κ2) is 7.28. The van der Waals surface area contributed by atoms with Gasteiger partial charge in [-0.3, -0.25) is 0 Å². The van der Waals surface area contributed by atoms with Crippen molar-refractivity contribution in [3.05, 3.63) is 0 Å². The molecule has 1 aliphatic heterocycles. The van der Waals surface area contributed by atoms with Gasteiger partial charge in [0, 0.05) is 5.54 Å². The van der Waals surface area contributed by atoms with Gasteiger partial charge >= 0.3 is 0 Å². The van der Waals surface area contributed by atoms with Crippen molar-refractivity contribution in [1.82, 2.24) is 5.32 Å². The highest BCUT2D eigenvalue weighted by Crippen LogP contribution is 2.46. The van der Waals surface area contributed by atoms with Gasteiger partial charge in [0.2, 0.25) is 0 Å². The Hall–Kier alpha value is -0.0400. The molecule has 0 aromatic carbocycles. The minimum Gasteiger partial charge on any atom is -0.311 e. The molecule has 14 heavy (non-hydrogen) atoms. The van der Waals surface area contributed by atoms with Gasteiger partial charge in [0.1, 0.15) is 0 Å². The summed E-state index contributed by atoms with van der Waals surface area (Å²) in [7, 11) is 0. The summed E-state index contributed by atoms with van der Waals surface area (Å²) in [5, 5.41) is 3.56. The first-order valence-electron chi connectivity index (χ1n) is 6.50. The number of hydrogen-bond donors (Lipinski definition) is 1. The summed E-state index contributed by atoms with van der Waals surface area (Å²) < 4.78 is 0. The van der Waals surface area contributed by atoms with Gasteiger partial charge in [-0.15, -0.1) is 0 Å². The molecule has 0 radical (unpaired) electrons. The maximum atomic E-state index is 3.56. The van der Waals surface area contributed by atoms with Crippen LogP contribution in [0.25, 0.3) is 0 Å². The normalized spacial score (nSPS) is 25.9. The summed E-state index contributed by atoms with van der Waals surface area (Å²) in [6, 6.07) is 0. The van der Waals surface area contributed by atoms with Crippen molar-refractivity contribution in [3.8, 4) is 0 Å². The number of hydrogen-bond acceptors (Lipinski definition) is 1. The van der Waals surface area contributed by atoms with Crippen LogP contribution in [0.2, 0.25) is 0 Å². The van der Waals surface area contributed by atoms with Crippen molar-refractivity contribution in [2.45, 2.75) is 72.3 Å². The van der Waals surface area contributed by atoms with Crippen LogP contribution >= 0.6 is 0 Å². The zero-order valence-corrected chi connectivity index (χ0v) is 10.8. The zero-order chi connectivity index (χ0) is 11.0. The van der Waals surface area contributed by atoms with E-state index in [1.54, 1.807) is 0 Å². The molecule has 1 unspecified atom stereocenters. The van der Waals surface area contributed by atoms with E-state index >= 15 is 0 Å². The summed E-state index contributed by atoms with van der Waals surface area (Å²) in [6.45, 7) is 12.0. The Morgan fingerprint density at radius 3 is 1.79 bits per heavy atom. The predicted molar refractivity (Wildman–Crippen MR) is 65.7 cm³/mol. The summed E-state index contributed by atoms with van der Waals surface area (Å²) in [5.74, 6) is 0.961. The summed E-state index contributed by atoms with van der Waals surface area (Å²) >= 11 is 0. The monoisotopic (exact) mass is 199 g/mol.